The summed E-state index contributed by atoms with van der Waals surface area (Å²) >= 11 is 0. The first-order valence-electron chi connectivity index (χ1n) is 5.99. The van der Waals surface area contributed by atoms with Crippen LogP contribution in [0.5, 0.6) is 5.75 Å². The van der Waals surface area contributed by atoms with Gasteiger partial charge in [-0.15, -0.1) is 0 Å². The molecule has 0 bridgehead atoms. The fourth-order valence-corrected chi connectivity index (χ4v) is 1.27. The Morgan fingerprint density at radius 1 is 1.39 bits per heavy atom. The molecule has 0 unspecified atom stereocenters. The predicted octanol–water partition coefficient (Wildman–Crippen LogP) is -0.830. The van der Waals surface area contributed by atoms with Gasteiger partial charge in [0.05, 0.1) is 12.8 Å². The molecule has 0 aliphatic heterocycles. The van der Waals surface area contributed by atoms with E-state index >= 15 is 0 Å². The second-order valence-corrected chi connectivity index (χ2v) is 3.93. The van der Waals surface area contributed by atoms with Crippen molar-refractivity contribution in [1.29, 1.82) is 0 Å². The van der Waals surface area contributed by atoms with E-state index in [9.17, 15) is 27.9 Å². The van der Waals surface area contributed by atoms with Gasteiger partial charge in [0.25, 0.3) is 5.78 Å². The van der Waals surface area contributed by atoms with E-state index in [1.54, 1.807) is 0 Å². The average Bonchev–Trinajstić information content (AvgIpc) is 2.45. The van der Waals surface area contributed by atoms with Gasteiger partial charge >= 0.3 is 31.0 Å². The van der Waals surface area contributed by atoms with Crippen LogP contribution in [0.1, 0.15) is 13.9 Å². The second kappa shape index (κ2) is 9.22. The molecule has 23 heavy (non-hydrogen) atoms. The Morgan fingerprint density at radius 3 is 2.61 bits per heavy atom. The molecule has 0 atom stereocenters. The summed E-state index contributed by atoms with van der Waals surface area (Å²) in [6, 6.07) is 1.04. The van der Waals surface area contributed by atoms with Crippen LogP contribution in [0, 0.1) is 0 Å². The number of hydrogen-bond donors (Lipinski definition) is 1. The zero-order chi connectivity index (χ0) is 16.8. The number of carbonyl (C=O) groups excluding carboxylic acids is 2. The second-order valence-electron chi connectivity index (χ2n) is 3.93. The summed E-state index contributed by atoms with van der Waals surface area (Å²) in [6.07, 6.45) is -1.84. The van der Waals surface area contributed by atoms with E-state index in [0.29, 0.717) is 6.08 Å². The van der Waals surface area contributed by atoms with Crippen LogP contribution in [-0.4, -0.2) is 41.2 Å². The van der Waals surface area contributed by atoms with Gasteiger partial charge in [0.1, 0.15) is 11.5 Å². The van der Waals surface area contributed by atoms with Crippen molar-refractivity contribution in [3.8, 4) is 5.75 Å². The third-order valence-electron chi connectivity index (χ3n) is 2.16. The van der Waals surface area contributed by atoms with Crippen molar-refractivity contribution in [2.24, 2.45) is 0 Å². The monoisotopic (exact) mass is 327 g/mol. The fourth-order valence-electron chi connectivity index (χ4n) is 1.27. The molecule has 0 saturated heterocycles. The van der Waals surface area contributed by atoms with E-state index in [4.69, 9.17) is 0 Å². The summed E-state index contributed by atoms with van der Waals surface area (Å²) in [7, 11) is 0. The van der Waals surface area contributed by atoms with Crippen molar-refractivity contribution in [1.82, 2.24) is 4.98 Å². The van der Waals surface area contributed by atoms with Crippen LogP contribution in [-0.2, 0) is 14.3 Å². The topological polar surface area (TPSA) is 85.7 Å². The molecular weight excluding hydrogens is 314 g/mol. The van der Waals surface area contributed by atoms with Gasteiger partial charge in [0, 0.05) is 17.8 Å². The van der Waals surface area contributed by atoms with E-state index in [1.165, 1.54) is 6.92 Å². The molecule has 0 saturated carbocycles. The molecule has 0 aliphatic carbocycles. The standard InChI is InChI=1S/C13H12F3NO5.Li.H/c1-2-21-12(20)11(19)4-10(18)8-3-9(6-17-5-8)22-7-13(14,15)16;;/h3-6,18H,2,7H2,1H3;;/q;+1;-1. The van der Waals surface area contributed by atoms with E-state index < -0.39 is 30.3 Å². The van der Waals surface area contributed by atoms with Gasteiger partial charge in [-0.2, -0.15) is 13.2 Å². The van der Waals surface area contributed by atoms with Gasteiger partial charge in [0.15, 0.2) is 6.61 Å². The number of aliphatic hydroxyl groups is 1. The number of alkyl halides is 3. The minimum absolute atomic E-state index is 0. The Kier molecular flexibility index (Phi) is 8.43. The minimum Gasteiger partial charge on any atom is -1.00 e. The van der Waals surface area contributed by atoms with Crippen LogP contribution in [0.15, 0.2) is 24.5 Å². The van der Waals surface area contributed by atoms with Gasteiger partial charge in [-0.3, -0.25) is 9.78 Å². The van der Waals surface area contributed by atoms with Crippen LogP contribution in [0.4, 0.5) is 13.2 Å². The molecule has 0 spiro atoms. The van der Waals surface area contributed by atoms with Gasteiger partial charge < -0.3 is 16.0 Å². The maximum absolute atomic E-state index is 12.0. The number of ketones is 1. The number of pyridine rings is 1. The smallest absolute Gasteiger partial charge is 1.00 e. The summed E-state index contributed by atoms with van der Waals surface area (Å²) in [5.41, 5.74) is -0.0858. The number of aromatic nitrogens is 1. The molecule has 1 N–H and O–H groups in total. The van der Waals surface area contributed by atoms with E-state index in [2.05, 4.69) is 14.5 Å². The molecule has 10 heteroatoms. The molecule has 122 valence electrons. The number of esters is 1. The Balaban J connectivity index is 0. The molecule has 1 aromatic heterocycles. The van der Waals surface area contributed by atoms with E-state index in [1.807, 2.05) is 0 Å². The summed E-state index contributed by atoms with van der Waals surface area (Å²) < 4.78 is 45.0. The first-order chi connectivity index (χ1) is 10.2. The number of ether oxygens (including phenoxy) is 2. The molecule has 6 nitrogen and oxygen atoms in total. The number of nitrogens with zero attached hydrogens (tertiary/aromatic N) is 1. The summed E-state index contributed by atoms with van der Waals surface area (Å²) in [4.78, 5) is 26.0. The van der Waals surface area contributed by atoms with E-state index in [-0.39, 0.29) is 38.2 Å². The molecule has 0 amide bonds. The number of halogens is 3. The number of aliphatic hydroxyl groups excluding tert-OH is 1. The zero-order valence-electron chi connectivity index (χ0n) is 13.4. The van der Waals surface area contributed by atoms with Gasteiger partial charge in [0.2, 0.25) is 0 Å². The first kappa shape index (κ1) is 21.0. The maximum Gasteiger partial charge on any atom is 1.00 e. The van der Waals surface area contributed by atoms with Crippen LogP contribution < -0.4 is 23.6 Å². The minimum atomic E-state index is -4.52. The quantitative estimate of drug-likeness (QED) is 0.241. The predicted molar refractivity (Wildman–Crippen MR) is 69.1 cm³/mol. The molecular formula is C13H13F3LiNO5. The zero-order valence-corrected chi connectivity index (χ0v) is 12.4. The molecule has 1 heterocycles. The van der Waals surface area contributed by atoms with Gasteiger partial charge in [-0.05, 0) is 13.0 Å². The van der Waals surface area contributed by atoms with Gasteiger partial charge in [-0.25, -0.2) is 4.79 Å². The molecule has 1 rings (SSSR count). The largest absolute Gasteiger partial charge is 1.00 e. The third-order valence-corrected chi connectivity index (χ3v) is 2.16. The Labute approximate surface area is 143 Å². The Bertz CT molecular complexity index is 595. The molecule has 1 aromatic rings. The van der Waals surface area contributed by atoms with Crippen molar-refractivity contribution in [3.05, 3.63) is 30.1 Å². The van der Waals surface area contributed by atoms with Crippen LogP contribution >= 0.6 is 0 Å². The fraction of sp³-hybridized carbons (Fsp3) is 0.308. The third kappa shape index (κ3) is 7.72. The van der Waals surface area contributed by atoms with Crippen LogP contribution in [0.3, 0.4) is 0 Å². The normalized spacial score (nSPS) is 11.4. The molecule has 0 fully saturated rings. The van der Waals surface area contributed by atoms with Crippen LogP contribution in [0.2, 0.25) is 0 Å². The summed E-state index contributed by atoms with van der Waals surface area (Å²) in [5.74, 6) is -3.17. The molecule has 0 aliphatic rings. The van der Waals surface area contributed by atoms with Crippen molar-refractivity contribution >= 4 is 17.5 Å². The Hall–Kier alpha value is -1.98. The number of hydrogen-bond acceptors (Lipinski definition) is 6. The number of carbonyl (C=O) groups is 2. The SMILES string of the molecule is CCOC(=O)C(=O)C=C(O)c1cncc(OCC(F)(F)F)c1.[H-].[Li+]. The molecule has 0 aromatic carbocycles. The molecule has 0 radical (unpaired) electrons. The summed E-state index contributed by atoms with van der Waals surface area (Å²) in [6.45, 7) is -0.0357. The van der Waals surface area contributed by atoms with E-state index in [0.717, 1.165) is 18.5 Å². The maximum atomic E-state index is 12.0. The summed E-state index contributed by atoms with van der Waals surface area (Å²) in [5, 5.41) is 9.68. The van der Waals surface area contributed by atoms with Crippen molar-refractivity contribution in [2.75, 3.05) is 13.2 Å². The Morgan fingerprint density at radius 2 is 2.04 bits per heavy atom. The van der Waals surface area contributed by atoms with Crippen molar-refractivity contribution < 1.29 is 57.6 Å². The van der Waals surface area contributed by atoms with Crippen LogP contribution in [0.25, 0.3) is 5.76 Å². The first-order valence-corrected chi connectivity index (χ1v) is 5.99. The van der Waals surface area contributed by atoms with Gasteiger partial charge in [-0.1, -0.05) is 0 Å². The van der Waals surface area contributed by atoms with Crippen molar-refractivity contribution in [3.63, 3.8) is 0 Å². The number of rotatable bonds is 6. The average molecular weight is 327 g/mol. The van der Waals surface area contributed by atoms with Crippen molar-refractivity contribution in [2.45, 2.75) is 13.1 Å².